The monoisotopic (exact) mass is 781 g/mol. The number of carboxylic acid groups (broad SMARTS) is 1. The van der Waals surface area contributed by atoms with Crippen molar-refractivity contribution in [2.45, 2.75) is 94.2 Å². The molecule has 2 aromatic rings. The van der Waals surface area contributed by atoms with E-state index in [1.807, 2.05) is 13.0 Å². The van der Waals surface area contributed by atoms with E-state index in [0.29, 0.717) is 42.9 Å². The quantitative estimate of drug-likeness (QED) is 0.270. The van der Waals surface area contributed by atoms with Gasteiger partial charge in [-0.05, 0) is 62.5 Å². The Hall–Kier alpha value is -4.25. The zero-order chi connectivity index (χ0) is 38.2. The van der Waals surface area contributed by atoms with Crippen LogP contribution in [0.15, 0.2) is 36.4 Å². The summed E-state index contributed by atoms with van der Waals surface area (Å²) in [6.07, 6.45) is 1.12. The van der Waals surface area contributed by atoms with Crippen LogP contribution in [0.2, 0.25) is 5.02 Å². The molecule has 1 aromatic heterocycles. The van der Waals surface area contributed by atoms with E-state index < -0.39 is 87.7 Å². The number of ether oxygens (including phenoxy) is 2. The second-order valence-corrected chi connectivity index (χ2v) is 16.9. The molecule has 2 aliphatic heterocycles. The third-order valence-electron chi connectivity index (χ3n) is 10.3. The second kappa shape index (κ2) is 15.2. The van der Waals surface area contributed by atoms with Gasteiger partial charge in [0.05, 0.1) is 11.8 Å². The van der Waals surface area contributed by atoms with Crippen LogP contribution in [-0.4, -0.2) is 95.8 Å². The fourth-order valence-corrected chi connectivity index (χ4v) is 8.88. The zero-order valence-electron chi connectivity index (χ0n) is 29.1. The Morgan fingerprint density at radius 3 is 2.62 bits per heavy atom. The van der Waals surface area contributed by atoms with E-state index in [-0.39, 0.29) is 42.1 Å². The fraction of sp³-hybridized carbons (Fsp3) is 0.571. The summed E-state index contributed by atoms with van der Waals surface area (Å²) in [5.74, 6) is -3.53. The Labute approximate surface area is 310 Å². The number of carbonyl (C=O) groups is 4. The van der Waals surface area contributed by atoms with Crippen LogP contribution >= 0.6 is 11.6 Å². The van der Waals surface area contributed by atoms with E-state index in [2.05, 4.69) is 20.3 Å². The van der Waals surface area contributed by atoms with Gasteiger partial charge >= 0.3 is 6.09 Å². The number of sulfonamides is 1. The minimum absolute atomic E-state index is 0.0641. The highest BCUT2D eigenvalue weighted by Crippen LogP contribution is 2.46. The van der Waals surface area contributed by atoms with Crippen molar-refractivity contribution in [1.82, 2.24) is 25.2 Å². The number of fused-ring (bicyclic) bond motifs is 3. The number of allylic oxidation sites excluding steroid dienone is 1. The van der Waals surface area contributed by atoms with Crippen molar-refractivity contribution in [1.29, 1.82) is 0 Å². The van der Waals surface area contributed by atoms with Gasteiger partial charge < -0.3 is 30.1 Å². The Kier molecular flexibility index (Phi) is 11.1. The van der Waals surface area contributed by atoms with Crippen molar-refractivity contribution in [3.63, 3.8) is 0 Å². The summed E-state index contributed by atoms with van der Waals surface area (Å²) in [5.41, 5.74) is -1.61. The van der Waals surface area contributed by atoms with E-state index in [0.717, 1.165) is 0 Å². The standard InChI is InChI=1S/C35H42ClF2N5O9S/c1-18-6-3-4-7-20-15-35(20,33(46)42-53(49,50)22-10-11-22)41-30(44)26-13-21(16-43(26)32(45)29(19(2)12-18)40-34(47)48)52-31-23-8-5-9-25(36)24(23)14-28(39-31)51-17-27(37)38/h4-5,7-9,14,18-22,26-27,29,40H,3,6,10-13,15-17H2,1-2H3,(H,41,44)(H,42,46)(H,47,48)/t18-,19-,20-,21-,26+,29+,35-/m1/s1. The third kappa shape index (κ3) is 8.61. The summed E-state index contributed by atoms with van der Waals surface area (Å²) in [7, 11) is -3.96. The lowest BCUT2D eigenvalue weighted by Crippen LogP contribution is -2.59. The molecule has 1 aromatic carbocycles. The number of hydrogen-bond acceptors (Lipinski definition) is 9. The van der Waals surface area contributed by atoms with Crippen LogP contribution in [0, 0.1) is 17.8 Å². The average Bonchev–Trinajstić information content (AvgIpc) is 4.01. The van der Waals surface area contributed by atoms with Crippen molar-refractivity contribution < 1.29 is 51.0 Å². The topological polar surface area (TPSA) is 193 Å². The van der Waals surface area contributed by atoms with E-state index in [9.17, 15) is 41.5 Å². The third-order valence-corrected chi connectivity index (χ3v) is 12.4. The van der Waals surface area contributed by atoms with Gasteiger partial charge in [-0.3, -0.25) is 19.1 Å². The van der Waals surface area contributed by atoms with Crippen LogP contribution in [0.3, 0.4) is 0 Å². The van der Waals surface area contributed by atoms with E-state index in [1.54, 1.807) is 31.2 Å². The van der Waals surface area contributed by atoms with Gasteiger partial charge in [-0.1, -0.05) is 43.7 Å². The smallest absolute Gasteiger partial charge is 0.405 e. The van der Waals surface area contributed by atoms with Gasteiger partial charge in [0.1, 0.15) is 23.7 Å². The van der Waals surface area contributed by atoms with Gasteiger partial charge in [0.15, 0.2) is 6.61 Å². The molecule has 0 radical (unpaired) electrons. The maximum Gasteiger partial charge on any atom is 0.405 e. The summed E-state index contributed by atoms with van der Waals surface area (Å²) >= 11 is 6.42. The van der Waals surface area contributed by atoms with Crippen LogP contribution in [0.5, 0.6) is 11.8 Å². The largest absolute Gasteiger partial charge is 0.472 e. The van der Waals surface area contributed by atoms with Gasteiger partial charge in [0.2, 0.25) is 33.6 Å². The maximum absolute atomic E-state index is 14.4. The van der Waals surface area contributed by atoms with Crippen LogP contribution in [-0.2, 0) is 24.4 Å². The number of nitrogens with one attached hydrogen (secondary N) is 3. The number of alkyl halides is 2. The first-order valence-electron chi connectivity index (χ1n) is 17.6. The first-order chi connectivity index (χ1) is 25.1. The van der Waals surface area contributed by atoms with Gasteiger partial charge in [-0.25, -0.2) is 22.0 Å². The zero-order valence-corrected chi connectivity index (χ0v) is 30.7. The van der Waals surface area contributed by atoms with Crippen LogP contribution in [0.25, 0.3) is 10.8 Å². The highest BCUT2D eigenvalue weighted by Gasteiger charge is 2.62. The van der Waals surface area contributed by atoms with Gasteiger partial charge in [-0.15, -0.1) is 0 Å². The Balaban J connectivity index is 1.35. The fourth-order valence-electron chi connectivity index (χ4n) is 7.29. The number of aromatic nitrogens is 1. The minimum atomic E-state index is -3.96. The van der Waals surface area contributed by atoms with Gasteiger partial charge in [0.25, 0.3) is 12.3 Å². The number of benzene rings is 1. The molecule has 14 nitrogen and oxygen atoms in total. The first kappa shape index (κ1) is 38.5. The molecule has 4 aliphatic rings. The van der Waals surface area contributed by atoms with Gasteiger partial charge in [-0.2, -0.15) is 4.98 Å². The SMILES string of the molecule is C[C@@H]1CCC=C[C@@H]2C[C@@]2(C(=O)NS(=O)(=O)C2CC2)NC(=O)[C@@H]2C[C@@H](Oc3nc(OCC(F)F)cc4c(Cl)cccc34)CN2C(=O)[C@@H](NC(=O)O)[C@H](C)C1. The molecule has 4 N–H and O–H groups in total. The summed E-state index contributed by atoms with van der Waals surface area (Å²) in [4.78, 5) is 59.8. The number of carbonyl (C=O) groups excluding carboxylic acids is 3. The summed E-state index contributed by atoms with van der Waals surface area (Å²) in [6, 6.07) is 3.71. The first-order valence-corrected chi connectivity index (χ1v) is 19.5. The molecule has 288 valence electrons. The number of nitrogens with zero attached hydrogens (tertiary/aromatic N) is 2. The number of amides is 4. The van der Waals surface area contributed by atoms with E-state index in [1.165, 1.54) is 11.0 Å². The molecule has 3 fully saturated rings. The molecule has 2 aliphatic carbocycles. The van der Waals surface area contributed by atoms with Gasteiger partial charge in [0, 0.05) is 34.2 Å². The highest BCUT2D eigenvalue weighted by molar-refractivity contribution is 7.91. The van der Waals surface area contributed by atoms with E-state index >= 15 is 0 Å². The molecule has 2 saturated carbocycles. The van der Waals surface area contributed by atoms with Crippen LogP contribution in [0.4, 0.5) is 13.6 Å². The van der Waals surface area contributed by atoms with Crippen LogP contribution < -0.4 is 24.8 Å². The summed E-state index contributed by atoms with van der Waals surface area (Å²) < 4.78 is 65.2. The number of halogens is 3. The van der Waals surface area contributed by atoms with Crippen molar-refractivity contribution in [3.05, 3.63) is 41.4 Å². The lowest BCUT2D eigenvalue weighted by Gasteiger charge is -2.32. The van der Waals surface area contributed by atoms with Crippen molar-refractivity contribution in [3.8, 4) is 11.8 Å². The molecule has 0 unspecified atom stereocenters. The average molecular weight is 782 g/mol. The predicted molar refractivity (Wildman–Crippen MR) is 188 cm³/mol. The molecule has 0 bridgehead atoms. The van der Waals surface area contributed by atoms with E-state index in [4.69, 9.17) is 21.1 Å². The van der Waals surface area contributed by atoms with Crippen molar-refractivity contribution in [2.75, 3.05) is 13.2 Å². The predicted octanol–water partition coefficient (Wildman–Crippen LogP) is 4.01. The van der Waals surface area contributed by atoms with Crippen molar-refractivity contribution in [2.24, 2.45) is 17.8 Å². The lowest BCUT2D eigenvalue weighted by atomic mass is 9.88. The Bertz CT molecular complexity index is 1920. The number of pyridine rings is 1. The minimum Gasteiger partial charge on any atom is -0.472 e. The molecule has 6 rings (SSSR count). The molecule has 7 atom stereocenters. The number of rotatable bonds is 9. The molecule has 4 amide bonds. The van der Waals surface area contributed by atoms with Crippen LogP contribution in [0.1, 0.15) is 58.8 Å². The van der Waals surface area contributed by atoms with Crippen molar-refractivity contribution >= 4 is 56.2 Å². The Morgan fingerprint density at radius 1 is 1.17 bits per heavy atom. The molecule has 53 heavy (non-hydrogen) atoms. The highest BCUT2D eigenvalue weighted by atomic mass is 35.5. The number of hydrogen-bond donors (Lipinski definition) is 4. The summed E-state index contributed by atoms with van der Waals surface area (Å²) in [5, 5.41) is 15.2. The second-order valence-electron chi connectivity index (χ2n) is 14.5. The molecule has 18 heteroatoms. The molecule has 1 saturated heterocycles. The normalized spacial score (nSPS) is 29.4. The maximum atomic E-state index is 14.4. The Morgan fingerprint density at radius 2 is 1.92 bits per heavy atom. The lowest BCUT2D eigenvalue weighted by molar-refractivity contribution is -0.142. The molecule has 3 heterocycles. The summed E-state index contributed by atoms with van der Waals surface area (Å²) in [6.45, 7) is 2.57. The molecular weight excluding hydrogens is 740 g/mol. The molecule has 0 spiro atoms. The molecular formula is C35H42ClF2N5O9S.